The van der Waals surface area contributed by atoms with Crippen LogP contribution in [-0.2, 0) is 0 Å². The van der Waals surface area contributed by atoms with Crippen molar-refractivity contribution in [1.29, 1.82) is 0 Å². The molecule has 0 unspecified atom stereocenters. The number of hydrogen-bond donors (Lipinski definition) is 0. The second kappa shape index (κ2) is 4.82. The standard InChI is InChI=1S/C9H6N6O.Na/c16-8-6-3-1-2-4-7(6)10-5-15(8)9-11-13-14-12-9;/h1-5,9H;/q;+1. The molecular formula is C9H6N6NaO+. The van der Waals surface area contributed by atoms with Gasteiger partial charge in [-0.05, 0) is 22.6 Å². The van der Waals surface area contributed by atoms with Crippen LogP contribution in [0.5, 0.6) is 0 Å². The van der Waals surface area contributed by atoms with E-state index in [9.17, 15) is 4.79 Å². The molecule has 1 aliphatic heterocycles. The molecule has 1 aromatic carbocycles. The summed E-state index contributed by atoms with van der Waals surface area (Å²) in [5.41, 5.74) is 0.450. The third kappa shape index (κ3) is 2.04. The summed E-state index contributed by atoms with van der Waals surface area (Å²) in [6.07, 6.45) is 0.684. The van der Waals surface area contributed by atoms with Gasteiger partial charge in [-0.2, -0.15) is 0 Å². The molecule has 8 heteroatoms. The van der Waals surface area contributed by atoms with Gasteiger partial charge in [-0.25, -0.2) is 4.98 Å². The molecule has 0 N–H and O–H groups in total. The second-order valence-electron chi connectivity index (χ2n) is 3.23. The van der Waals surface area contributed by atoms with Crippen LogP contribution in [0.25, 0.3) is 10.9 Å². The first-order valence-electron chi connectivity index (χ1n) is 4.62. The average Bonchev–Trinajstić information content (AvgIpc) is 2.83. The second-order valence-corrected chi connectivity index (χ2v) is 3.23. The predicted octanol–water partition coefficient (Wildman–Crippen LogP) is -1.31. The monoisotopic (exact) mass is 237 g/mol. The van der Waals surface area contributed by atoms with E-state index in [1.165, 1.54) is 10.9 Å². The summed E-state index contributed by atoms with van der Waals surface area (Å²) in [6.45, 7) is 0. The van der Waals surface area contributed by atoms with Crippen molar-refractivity contribution in [1.82, 2.24) is 9.55 Å². The van der Waals surface area contributed by atoms with Crippen LogP contribution in [0.3, 0.4) is 0 Å². The van der Waals surface area contributed by atoms with Crippen LogP contribution in [-0.4, -0.2) is 9.55 Å². The number of aromatic nitrogens is 2. The van der Waals surface area contributed by atoms with Gasteiger partial charge in [0.25, 0.3) is 11.8 Å². The van der Waals surface area contributed by atoms with Gasteiger partial charge in [0.1, 0.15) is 6.33 Å². The van der Waals surface area contributed by atoms with Crippen molar-refractivity contribution in [2.45, 2.75) is 6.29 Å². The number of hydrogen-bond acceptors (Lipinski definition) is 6. The molecule has 2 heterocycles. The fraction of sp³-hybridized carbons (Fsp3) is 0.111. The summed E-state index contributed by atoms with van der Waals surface area (Å²) in [5.74, 6) is 0. The predicted molar refractivity (Wildman–Crippen MR) is 54.8 cm³/mol. The molecule has 0 fully saturated rings. The van der Waals surface area contributed by atoms with Crippen molar-refractivity contribution in [2.75, 3.05) is 0 Å². The van der Waals surface area contributed by atoms with Crippen molar-refractivity contribution >= 4 is 10.9 Å². The molecule has 2 aromatic rings. The van der Waals surface area contributed by atoms with E-state index in [1.54, 1.807) is 18.2 Å². The first kappa shape index (κ1) is 12.0. The van der Waals surface area contributed by atoms with Gasteiger partial charge in [-0.1, -0.05) is 12.1 Å². The Labute approximate surface area is 118 Å². The van der Waals surface area contributed by atoms with E-state index in [0.717, 1.165) is 0 Å². The fourth-order valence-electron chi connectivity index (χ4n) is 1.52. The Kier molecular flexibility index (Phi) is 3.41. The van der Waals surface area contributed by atoms with Crippen molar-refractivity contribution in [3.05, 3.63) is 40.9 Å². The maximum Gasteiger partial charge on any atom is 1.00 e. The van der Waals surface area contributed by atoms with Gasteiger partial charge in [-0.15, -0.1) is 10.2 Å². The minimum absolute atomic E-state index is 0. The van der Waals surface area contributed by atoms with Gasteiger partial charge in [0.2, 0.25) is 0 Å². The van der Waals surface area contributed by atoms with Gasteiger partial charge in [0, 0.05) is 0 Å². The van der Waals surface area contributed by atoms with E-state index in [0.29, 0.717) is 10.9 Å². The van der Waals surface area contributed by atoms with Gasteiger partial charge < -0.3 is 0 Å². The maximum absolute atomic E-state index is 12.0. The van der Waals surface area contributed by atoms with E-state index < -0.39 is 6.29 Å². The van der Waals surface area contributed by atoms with Crippen molar-refractivity contribution in [3.8, 4) is 0 Å². The van der Waals surface area contributed by atoms with Gasteiger partial charge in [-0.3, -0.25) is 9.36 Å². The molecule has 0 spiro atoms. The molecule has 0 atom stereocenters. The van der Waals surface area contributed by atoms with Crippen LogP contribution in [0.4, 0.5) is 0 Å². The van der Waals surface area contributed by atoms with Crippen molar-refractivity contribution < 1.29 is 29.6 Å². The Morgan fingerprint density at radius 1 is 1.12 bits per heavy atom. The molecule has 7 nitrogen and oxygen atoms in total. The SMILES string of the molecule is O=c1c2ccccc2ncn1C1N=NN=N1.[Na+]. The third-order valence-electron chi connectivity index (χ3n) is 2.29. The molecule has 1 aromatic heterocycles. The molecule has 0 bridgehead atoms. The minimum atomic E-state index is -0.718. The zero-order valence-electron chi connectivity index (χ0n) is 9.06. The quantitative estimate of drug-likeness (QED) is 0.577. The van der Waals surface area contributed by atoms with Crippen molar-refractivity contribution in [3.63, 3.8) is 0 Å². The van der Waals surface area contributed by atoms with Crippen LogP contribution in [0.1, 0.15) is 6.29 Å². The Bertz CT molecular complexity index is 652. The number of fused-ring (bicyclic) bond motifs is 1. The van der Waals surface area contributed by atoms with Crippen LogP contribution in [0, 0.1) is 0 Å². The average molecular weight is 237 g/mol. The Morgan fingerprint density at radius 3 is 2.59 bits per heavy atom. The zero-order valence-corrected chi connectivity index (χ0v) is 11.1. The van der Waals surface area contributed by atoms with E-state index in [-0.39, 0.29) is 35.1 Å². The van der Waals surface area contributed by atoms with Crippen LogP contribution in [0.15, 0.2) is 56.1 Å². The molecule has 1 aliphatic rings. The summed E-state index contributed by atoms with van der Waals surface area (Å²) >= 11 is 0. The van der Waals surface area contributed by atoms with Crippen LogP contribution >= 0.6 is 0 Å². The number of rotatable bonds is 1. The molecule has 0 aliphatic carbocycles. The first-order valence-corrected chi connectivity index (χ1v) is 4.62. The molecule has 0 radical (unpaired) electrons. The van der Waals surface area contributed by atoms with Gasteiger partial charge in [0.15, 0.2) is 0 Å². The number of benzene rings is 1. The summed E-state index contributed by atoms with van der Waals surface area (Å²) in [7, 11) is 0. The summed E-state index contributed by atoms with van der Waals surface area (Å²) in [5, 5.41) is 14.6. The summed E-state index contributed by atoms with van der Waals surface area (Å²) in [6, 6.07) is 7.10. The fourth-order valence-corrected chi connectivity index (χ4v) is 1.52. The number of para-hydroxylation sites is 1. The molecule has 17 heavy (non-hydrogen) atoms. The molecule has 0 saturated heterocycles. The molecule has 0 amide bonds. The van der Waals surface area contributed by atoms with E-state index >= 15 is 0 Å². The maximum atomic E-state index is 12.0. The number of nitrogens with zero attached hydrogens (tertiary/aromatic N) is 6. The Morgan fingerprint density at radius 2 is 1.82 bits per heavy atom. The van der Waals surface area contributed by atoms with Crippen molar-refractivity contribution in [2.24, 2.45) is 20.7 Å². The Hall–Kier alpha value is -1.44. The third-order valence-corrected chi connectivity index (χ3v) is 2.29. The normalized spacial score (nSPS) is 14.1. The molecule has 3 rings (SSSR count). The molecule has 0 saturated carbocycles. The van der Waals surface area contributed by atoms with Gasteiger partial charge >= 0.3 is 29.6 Å². The zero-order chi connectivity index (χ0) is 11.0. The minimum Gasteiger partial charge on any atom is -0.268 e. The van der Waals surface area contributed by atoms with Gasteiger partial charge in [0.05, 0.1) is 10.9 Å². The summed E-state index contributed by atoms with van der Waals surface area (Å²) in [4.78, 5) is 16.2. The topological polar surface area (TPSA) is 84.3 Å². The summed E-state index contributed by atoms with van der Waals surface area (Å²) < 4.78 is 1.29. The molecular weight excluding hydrogens is 231 g/mol. The Balaban J connectivity index is 0.00000108. The molecule has 78 valence electrons. The largest absolute Gasteiger partial charge is 1.00 e. The van der Waals surface area contributed by atoms with Crippen LogP contribution < -0.4 is 35.1 Å². The van der Waals surface area contributed by atoms with Crippen LogP contribution in [0.2, 0.25) is 0 Å². The van der Waals surface area contributed by atoms with E-state index in [1.807, 2.05) is 6.07 Å². The smallest absolute Gasteiger partial charge is 0.268 e. The van der Waals surface area contributed by atoms with E-state index in [2.05, 4.69) is 25.7 Å². The van der Waals surface area contributed by atoms with E-state index in [4.69, 9.17) is 0 Å². The first-order chi connectivity index (χ1) is 7.86.